The van der Waals surface area contributed by atoms with E-state index in [9.17, 15) is 5.11 Å². The van der Waals surface area contributed by atoms with Gasteiger partial charge in [-0.25, -0.2) is 0 Å². The average molecular weight is 199 g/mol. The fourth-order valence-electron chi connectivity index (χ4n) is 2.77. The summed E-state index contributed by atoms with van der Waals surface area (Å²) in [6, 6.07) is 0.639. The normalized spacial score (nSPS) is 38.6. The van der Waals surface area contributed by atoms with E-state index < -0.39 is 0 Å². The minimum Gasteiger partial charge on any atom is -0.394 e. The minimum atomic E-state index is -0.0182. The molecule has 0 unspecified atom stereocenters. The van der Waals surface area contributed by atoms with Crippen molar-refractivity contribution in [3.63, 3.8) is 0 Å². The van der Waals surface area contributed by atoms with Crippen LogP contribution in [0.4, 0.5) is 0 Å². The second-order valence-electron chi connectivity index (χ2n) is 4.83. The van der Waals surface area contributed by atoms with Crippen LogP contribution >= 0.6 is 0 Å². The Morgan fingerprint density at radius 3 is 2.50 bits per heavy atom. The molecular formula is C11H21NO2. The van der Waals surface area contributed by atoms with Crippen molar-refractivity contribution in [3.8, 4) is 0 Å². The zero-order valence-electron chi connectivity index (χ0n) is 8.96. The maximum Gasteiger partial charge on any atom is 0.0615 e. The van der Waals surface area contributed by atoms with Crippen molar-refractivity contribution in [2.75, 3.05) is 13.7 Å². The molecule has 0 aromatic heterocycles. The molecule has 0 atom stereocenters. The summed E-state index contributed by atoms with van der Waals surface area (Å²) in [4.78, 5) is 0. The summed E-state index contributed by atoms with van der Waals surface area (Å²) < 4.78 is 5.26. The zero-order chi connectivity index (χ0) is 10.0. The highest BCUT2D eigenvalue weighted by Crippen LogP contribution is 2.35. The molecule has 3 nitrogen and oxygen atoms in total. The lowest BCUT2D eigenvalue weighted by Crippen LogP contribution is -2.62. The Balaban J connectivity index is 1.81. The van der Waals surface area contributed by atoms with E-state index in [1.807, 2.05) is 0 Å². The number of ether oxygens (including phenoxy) is 1. The van der Waals surface area contributed by atoms with Crippen LogP contribution < -0.4 is 5.32 Å². The van der Waals surface area contributed by atoms with E-state index in [1.165, 1.54) is 25.7 Å². The second kappa shape index (κ2) is 4.17. The van der Waals surface area contributed by atoms with Gasteiger partial charge in [-0.05, 0) is 25.7 Å². The van der Waals surface area contributed by atoms with Crippen molar-refractivity contribution >= 4 is 0 Å². The number of nitrogens with one attached hydrogen (secondary N) is 1. The Morgan fingerprint density at radius 2 is 2.00 bits per heavy atom. The molecule has 0 amide bonds. The molecule has 0 radical (unpaired) electrons. The predicted molar refractivity (Wildman–Crippen MR) is 55.2 cm³/mol. The lowest BCUT2D eigenvalue weighted by Gasteiger charge is -2.48. The molecule has 2 aliphatic carbocycles. The quantitative estimate of drug-likeness (QED) is 0.711. The Labute approximate surface area is 85.8 Å². The van der Waals surface area contributed by atoms with Crippen molar-refractivity contribution < 1.29 is 9.84 Å². The smallest absolute Gasteiger partial charge is 0.0615 e. The Kier molecular flexibility index (Phi) is 3.10. The highest BCUT2D eigenvalue weighted by atomic mass is 16.5. The summed E-state index contributed by atoms with van der Waals surface area (Å²) >= 11 is 0. The Morgan fingerprint density at radius 1 is 1.36 bits per heavy atom. The third-order valence-electron chi connectivity index (χ3n) is 3.74. The molecule has 0 saturated heterocycles. The van der Waals surface area contributed by atoms with Gasteiger partial charge in [-0.3, -0.25) is 0 Å². The molecule has 2 rings (SSSR count). The summed E-state index contributed by atoms with van der Waals surface area (Å²) in [5.74, 6) is 0. The molecule has 0 bridgehead atoms. The van der Waals surface area contributed by atoms with E-state index in [0.29, 0.717) is 12.1 Å². The van der Waals surface area contributed by atoms with Gasteiger partial charge in [0.15, 0.2) is 0 Å². The Bertz CT molecular complexity index is 184. The van der Waals surface area contributed by atoms with Gasteiger partial charge in [0.25, 0.3) is 0 Å². The molecule has 2 fully saturated rings. The van der Waals surface area contributed by atoms with Crippen molar-refractivity contribution in [2.45, 2.75) is 56.2 Å². The van der Waals surface area contributed by atoms with Gasteiger partial charge in [0, 0.05) is 18.7 Å². The molecule has 2 N–H and O–H groups in total. The summed E-state index contributed by atoms with van der Waals surface area (Å²) in [6.45, 7) is 0.253. The maximum absolute atomic E-state index is 9.39. The first-order chi connectivity index (χ1) is 6.78. The van der Waals surface area contributed by atoms with Crippen LogP contribution in [0.15, 0.2) is 0 Å². The topological polar surface area (TPSA) is 41.5 Å². The summed E-state index contributed by atoms with van der Waals surface area (Å²) in [5, 5.41) is 13.0. The van der Waals surface area contributed by atoms with Gasteiger partial charge in [0.1, 0.15) is 0 Å². The number of rotatable bonds is 4. The van der Waals surface area contributed by atoms with Crippen LogP contribution in [0.2, 0.25) is 0 Å². The van der Waals surface area contributed by atoms with Crippen LogP contribution in [-0.4, -0.2) is 36.5 Å². The van der Waals surface area contributed by atoms with Crippen LogP contribution in [0.3, 0.4) is 0 Å². The van der Waals surface area contributed by atoms with Crippen LogP contribution in [0.25, 0.3) is 0 Å². The van der Waals surface area contributed by atoms with Crippen LogP contribution in [0.1, 0.15) is 38.5 Å². The third-order valence-corrected chi connectivity index (χ3v) is 3.74. The largest absolute Gasteiger partial charge is 0.394 e. The minimum absolute atomic E-state index is 0.0182. The lowest BCUT2D eigenvalue weighted by molar-refractivity contribution is -0.0568. The number of aliphatic hydroxyl groups is 1. The number of hydrogen-bond donors (Lipinski definition) is 2. The molecule has 0 aromatic rings. The second-order valence-corrected chi connectivity index (χ2v) is 4.83. The van der Waals surface area contributed by atoms with Crippen LogP contribution in [0, 0.1) is 0 Å². The first-order valence-corrected chi connectivity index (χ1v) is 5.69. The van der Waals surface area contributed by atoms with E-state index in [0.717, 1.165) is 12.8 Å². The maximum atomic E-state index is 9.39. The van der Waals surface area contributed by atoms with Crippen LogP contribution in [-0.2, 0) is 4.74 Å². The van der Waals surface area contributed by atoms with Gasteiger partial charge in [-0.15, -0.1) is 0 Å². The van der Waals surface area contributed by atoms with E-state index in [4.69, 9.17) is 4.74 Å². The number of methoxy groups -OCH3 is 1. The average Bonchev–Trinajstić information content (AvgIpc) is 2.63. The van der Waals surface area contributed by atoms with Gasteiger partial charge in [-0.2, -0.15) is 0 Å². The molecule has 0 heterocycles. The first-order valence-electron chi connectivity index (χ1n) is 5.69. The molecule has 82 valence electrons. The van der Waals surface area contributed by atoms with Crippen molar-refractivity contribution in [3.05, 3.63) is 0 Å². The Hall–Kier alpha value is -0.120. The SMILES string of the molecule is COC1CC(CO)(NC2CCCC2)C1. The van der Waals surface area contributed by atoms with Crippen molar-refractivity contribution in [2.24, 2.45) is 0 Å². The molecule has 0 aromatic carbocycles. The monoisotopic (exact) mass is 199 g/mol. The first kappa shape index (κ1) is 10.4. The highest BCUT2D eigenvalue weighted by molar-refractivity contribution is 5.03. The van der Waals surface area contributed by atoms with Gasteiger partial charge < -0.3 is 15.2 Å². The van der Waals surface area contributed by atoms with Gasteiger partial charge in [0.2, 0.25) is 0 Å². The number of hydrogen-bond acceptors (Lipinski definition) is 3. The molecule has 0 aliphatic heterocycles. The van der Waals surface area contributed by atoms with E-state index in [-0.39, 0.29) is 12.1 Å². The van der Waals surface area contributed by atoms with E-state index in [1.54, 1.807) is 7.11 Å². The molecule has 3 heteroatoms. The summed E-state index contributed by atoms with van der Waals surface area (Å²) in [5.41, 5.74) is -0.0182. The van der Waals surface area contributed by atoms with Crippen molar-refractivity contribution in [1.82, 2.24) is 5.32 Å². The van der Waals surface area contributed by atoms with Gasteiger partial charge in [0.05, 0.1) is 12.7 Å². The fourth-order valence-corrected chi connectivity index (χ4v) is 2.77. The standard InChI is InChI=1S/C11H21NO2/c1-14-10-6-11(7-10,8-13)12-9-4-2-3-5-9/h9-10,12-13H,2-8H2,1H3. The van der Waals surface area contributed by atoms with Gasteiger partial charge in [-0.1, -0.05) is 12.8 Å². The summed E-state index contributed by atoms with van der Waals surface area (Å²) in [6.07, 6.45) is 7.53. The van der Waals surface area contributed by atoms with Crippen LogP contribution in [0.5, 0.6) is 0 Å². The third kappa shape index (κ3) is 1.95. The number of aliphatic hydroxyl groups excluding tert-OH is 1. The van der Waals surface area contributed by atoms with E-state index in [2.05, 4.69) is 5.32 Å². The van der Waals surface area contributed by atoms with Crippen molar-refractivity contribution in [1.29, 1.82) is 0 Å². The lowest BCUT2D eigenvalue weighted by atomic mass is 9.74. The van der Waals surface area contributed by atoms with E-state index >= 15 is 0 Å². The molecule has 2 aliphatic rings. The predicted octanol–water partition coefficient (Wildman–Crippen LogP) is 1.06. The molecule has 14 heavy (non-hydrogen) atoms. The molecule has 2 saturated carbocycles. The molecule has 0 spiro atoms. The zero-order valence-corrected chi connectivity index (χ0v) is 8.96. The summed E-state index contributed by atoms with van der Waals surface area (Å²) in [7, 11) is 1.75. The highest BCUT2D eigenvalue weighted by Gasteiger charge is 2.45. The fraction of sp³-hybridized carbons (Fsp3) is 1.00. The molecular weight excluding hydrogens is 178 g/mol. The van der Waals surface area contributed by atoms with Gasteiger partial charge >= 0.3 is 0 Å².